The molecule has 26 heavy (non-hydrogen) atoms. The van der Waals surface area contributed by atoms with Gasteiger partial charge in [-0.15, -0.1) is 0 Å². The van der Waals surface area contributed by atoms with Crippen LogP contribution in [0, 0.1) is 11.3 Å². The molecule has 0 bridgehead atoms. The number of pyridine rings is 1. The minimum atomic E-state index is -0.249. The van der Waals surface area contributed by atoms with E-state index < -0.39 is 0 Å². The zero-order chi connectivity index (χ0) is 18.0. The highest BCUT2D eigenvalue weighted by atomic mass is 16.2. The Labute approximate surface area is 152 Å². The zero-order valence-electron chi connectivity index (χ0n) is 14.5. The predicted molar refractivity (Wildman–Crippen MR) is 99.9 cm³/mol. The van der Waals surface area contributed by atoms with E-state index in [1.165, 1.54) is 0 Å². The molecule has 1 spiro atoms. The maximum absolute atomic E-state index is 12.6. The molecule has 3 N–H and O–H groups in total. The van der Waals surface area contributed by atoms with Gasteiger partial charge in [0.25, 0.3) is 5.91 Å². The van der Waals surface area contributed by atoms with E-state index in [2.05, 4.69) is 20.9 Å². The van der Waals surface area contributed by atoms with Gasteiger partial charge in [0, 0.05) is 23.4 Å². The van der Waals surface area contributed by atoms with Crippen LogP contribution in [0.3, 0.4) is 0 Å². The molecular weight excluding hydrogens is 328 g/mol. The number of nitrogens with zero attached hydrogens (tertiary/aromatic N) is 1. The number of aromatic nitrogens is 1. The molecule has 1 unspecified atom stereocenters. The molecule has 134 valence electrons. The molecule has 2 heterocycles. The average molecular weight is 350 g/mol. The molecule has 2 amide bonds. The van der Waals surface area contributed by atoms with E-state index in [1.807, 2.05) is 12.1 Å². The molecule has 4 rings (SSSR count). The van der Waals surface area contributed by atoms with Crippen LogP contribution in [-0.2, 0) is 4.79 Å². The van der Waals surface area contributed by atoms with Crippen LogP contribution in [0.4, 0.5) is 11.5 Å². The standard InChI is InChI=1S/C20H22N4O2/c25-18(24-17-6-1-2-9-22-17)14-4-3-5-15(12-14)23-19(26)16-13-20(16)7-10-21-11-8-20/h1-6,9,12,16,21H,7-8,10-11,13H2,(H,23,26)(H,22,24,25). The smallest absolute Gasteiger partial charge is 0.256 e. The van der Waals surface area contributed by atoms with Crippen molar-refractivity contribution in [3.63, 3.8) is 0 Å². The molecule has 2 aromatic rings. The van der Waals surface area contributed by atoms with Crippen molar-refractivity contribution in [2.24, 2.45) is 11.3 Å². The van der Waals surface area contributed by atoms with Gasteiger partial charge in [-0.25, -0.2) is 4.98 Å². The lowest BCUT2D eigenvalue weighted by atomic mass is 9.92. The van der Waals surface area contributed by atoms with Crippen molar-refractivity contribution >= 4 is 23.3 Å². The molecule has 6 nitrogen and oxygen atoms in total. The Balaban J connectivity index is 1.40. The summed E-state index contributed by atoms with van der Waals surface area (Å²) in [7, 11) is 0. The summed E-state index contributed by atoms with van der Waals surface area (Å²) in [6, 6.07) is 12.3. The van der Waals surface area contributed by atoms with Crippen molar-refractivity contribution in [2.45, 2.75) is 19.3 Å². The second-order valence-corrected chi connectivity index (χ2v) is 7.11. The average Bonchev–Trinajstić information content (AvgIpc) is 3.36. The fourth-order valence-electron chi connectivity index (χ4n) is 3.79. The van der Waals surface area contributed by atoms with Gasteiger partial charge in [-0.1, -0.05) is 12.1 Å². The topological polar surface area (TPSA) is 83.1 Å². The van der Waals surface area contributed by atoms with Gasteiger partial charge in [0.2, 0.25) is 5.91 Å². The van der Waals surface area contributed by atoms with Gasteiger partial charge < -0.3 is 16.0 Å². The molecule has 1 aliphatic heterocycles. The zero-order valence-corrected chi connectivity index (χ0v) is 14.5. The van der Waals surface area contributed by atoms with Crippen LogP contribution in [0.1, 0.15) is 29.6 Å². The molecule has 1 aliphatic carbocycles. The van der Waals surface area contributed by atoms with E-state index in [9.17, 15) is 9.59 Å². The van der Waals surface area contributed by atoms with Crippen LogP contribution in [0.5, 0.6) is 0 Å². The number of anilines is 2. The number of nitrogens with one attached hydrogen (secondary N) is 3. The van der Waals surface area contributed by atoms with Crippen molar-refractivity contribution in [2.75, 3.05) is 23.7 Å². The summed E-state index contributed by atoms with van der Waals surface area (Å²) in [5.74, 6) is 0.406. The Morgan fingerprint density at radius 3 is 2.69 bits per heavy atom. The van der Waals surface area contributed by atoms with E-state index in [0.717, 1.165) is 32.4 Å². The fraction of sp³-hybridized carbons (Fsp3) is 0.350. The van der Waals surface area contributed by atoms with E-state index >= 15 is 0 Å². The van der Waals surface area contributed by atoms with Crippen LogP contribution in [-0.4, -0.2) is 29.9 Å². The van der Waals surface area contributed by atoms with E-state index in [0.29, 0.717) is 17.1 Å². The van der Waals surface area contributed by atoms with E-state index in [1.54, 1.807) is 36.5 Å². The minimum absolute atomic E-state index is 0.0641. The Kier molecular flexibility index (Phi) is 4.42. The van der Waals surface area contributed by atoms with Gasteiger partial charge in [0.1, 0.15) is 5.82 Å². The number of benzene rings is 1. The first-order chi connectivity index (χ1) is 12.7. The van der Waals surface area contributed by atoms with Crippen molar-refractivity contribution < 1.29 is 9.59 Å². The van der Waals surface area contributed by atoms with Gasteiger partial charge >= 0.3 is 0 Å². The number of carbonyl (C=O) groups excluding carboxylic acids is 2. The molecule has 6 heteroatoms. The highest BCUT2D eigenvalue weighted by Crippen LogP contribution is 2.58. The monoisotopic (exact) mass is 350 g/mol. The second-order valence-electron chi connectivity index (χ2n) is 7.11. The molecular formula is C20H22N4O2. The Bertz CT molecular complexity index is 816. The predicted octanol–water partition coefficient (Wildman–Crippen LogP) is 2.66. The van der Waals surface area contributed by atoms with Crippen LogP contribution in [0.15, 0.2) is 48.7 Å². The maximum atomic E-state index is 12.6. The normalized spacial score (nSPS) is 20.4. The largest absolute Gasteiger partial charge is 0.326 e. The molecule has 2 fully saturated rings. The molecule has 1 saturated heterocycles. The summed E-state index contributed by atoms with van der Waals surface area (Å²) < 4.78 is 0. The first-order valence-electron chi connectivity index (χ1n) is 9.00. The molecule has 1 saturated carbocycles. The lowest BCUT2D eigenvalue weighted by molar-refractivity contribution is -0.118. The van der Waals surface area contributed by atoms with Crippen LogP contribution in [0.25, 0.3) is 0 Å². The fourth-order valence-corrected chi connectivity index (χ4v) is 3.79. The highest BCUT2D eigenvalue weighted by Gasteiger charge is 2.57. The summed E-state index contributed by atoms with van der Waals surface area (Å²) in [5, 5.41) is 9.08. The number of piperidine rings is 1. The third-order valence-electron chi connectivity index (χ3n) is 5.40. The summed E-state index contributed by atoms with van der Waals surface area (Å²) in [5.41, 5.74) is 1.34. The summed E-state index contributed by atoms with van der Waals surface area (Å²) in [6.45, 7) is 1.99. The molecule has 1 aromatic heterocycles. The lowest BCUT2D eigenvalue weighted by Gasteiger charge is -2.23. The summed E-state index contributed by atoms with van der Waals surface area (Å²) in [4.78, 5) is 29.0. The Hall–Kier alpha value is -2.73. The number of rotatable bonds is 4. The van der Waals surface area contributed by atoms with E-state index in [-0.39, 0.29) is 23.1 Å². The van der Waals surface area contributed by atoms with E-state index in [4.69, 9.17) is 0 Å². The van der Waals surface area contributed by atoms with Crippen LogP contribution < -0.4 is 16.0 Å². The summed E-state index contributed by atoms with van der Waals surface area (Å²) in [6.07, 6.45) is 4.73. The number of amides is 2. The SMILES string of the molecule is O=C(Nc1ccccn1)c1cccc(NC(=O)C2CC23CCNCC3)c1. The first kappa shape index (κ1) is 16.7. The highest BCUT2D eigenvalue weighted by molar-refractivity contribution is 6.05. The van der Waals surface area contributed by atoms with Gasteiger partial charge in [-0.05, 0) is 68.1 Å². The molecule has 2 aliphatic rings. The van der Waals surface area contributed by atoms with Crippen LogP contribution in [0.2, 0.25) is 0 Å². The molecule has 1 aromatic carbocycles. The maximum Gasteiger partial charge on any atom is 0.256 e. The molecule has 1 atom stereocenters. The first-order valence-corrected chi connectivity index (χ1v) is 9.00. The van der Waals surface area contributed by atoms with Gasteiger partial charge in [-0.3, -0.25) is 9.59 Å². The van der Waals surface area contributed by atoms with Gasteiger partial charge in [0.15, 0.2) is 0 Å². The number of carbonyl (C=O) groups is 2. The Morgan fingerprint density at radius 2 is 1.92 bits per heavy atom. The summed E-state index contributed by atoms with van der Waals surface area (Å²) >= 11 is 0. The van der Waals surface area contributed by atoms with Crippen LogP contribution >= 0.6 is 0 Å². The van der Waals surface area contributed by atoms with Crippen molar-refractivity contribution in [3.05, 3.63) is 54.2 Å². The van der Waals surface area contributed by atoms with Crippen molar-refractivity contribution in [3.8, 4) is 0 Å². The number of hydrogen-bond donors (Lipinski definition) is 3. The molecule has 0 radical (unpaired) electrons. The second kappa shape index (κ2) is 6.88. The van der Waals surface area contributed by atoms with Gasteiger partial charge in [-0.2, -0.15) is 0 Å². The lowest BCUT2D eigenvalue weighted by Crippen LogP contribution is -2.31. The van der Waals surface area contributed by atoms with Gasteiger partial charge in [0.05, 0.1) is 0 Å². The minimum Gasteiger partial charge on any atom is -0.326 e. The Morgan fingerprint density at radius 1 is 1.08 bits per heavy atom. The third-order valence-corrected chi connectivity index (χ3v) is 5.40. The third kappa shape index (κ3) is 3.46. The quantitative estimate of drug-likeness (QED) is 0.792. The van der Waals surface area contributed by atoms with Crippen molar-refractivity contribution in [1.82, 2.24) is 10.3 Å². The van der Waals surface area contributed by atoms with Crippen molar-refractivity contribution in [1.29, 1.82) is 0 Å². The number of hydrogen-bond acceptors (Lipinski definition) is 4.